The Kier molecular flexibility index (Phi) is 5.29. The van der Waals surface area contributed by atoms with Gasteiger partial charge in [0.15, 0.2) is 12.6 Å². The molecule has 0 saturated heterocycles. The molecule has 3 rings (SSSR count). The van der Waals surface area contributed by atoms with Gasteiger partial charge in [0.25, 0.3) is 0 Å². The number of hydrogen-bond acceptors (Lipinski definition) is 4. The van der Waals surface area contributed by atoms with Gasteiger partial charge in [-0.15, -0.1) is 0 Å². The Labute approximate surface area is 154 Å². The Morgan fingerprint density at radius 3 is 2.56 bits per heavy atom. The lowest BCUT2D eigenvalue weighted by molar-refractivity contribution is -0.732. The second-order valence-corrected chi connectivity index (χ2v) is 7.10. The zero-order chi connectivity index (χ0) is 18.1. The minimum atomic E-state index is -0.297. The van der Waals surface area contributed by atoms with Gasteiger partial charge in [-0.1, -0.05) is 29.8 Å². The second-order valence-electron chi connectivity index (χ2n) is 6.25. The largest absolute Gasteiger partial charge is 0.624 e. The van der Waals surface area contributed by atoms with Crippen LogP contribution in [0, 0.1) is 16.9 Å². The van der Waals surface area contributed by atoms with E-state index < -0.39 is 0 Å². The van der Waals surface area contributed by atoms with Crippen molar-refractivity contribution >= 4 is 21.6 Å². The number of hydroxylamine groups is 2. The summed E-state index contributed by atoms with van der Waals surface area (Å²) in [7, 11) is 1.53. The van der Waals surface area contributed by atoms with Crippen LogP contribution in [0.5, 0.6) is 0 Å². The molecule has 0 saturated carbocycles. The first-order chi connectivity index (χ1) is 11.9. The number of quaternary nitrogens is 1. The molecular formula is C18H20BrFN2O3. The molecule has 0 amide bonds. The lowest BCUT2D eigenvalue weighted by atomic mass is 10.0. The minimum Gasteiger partial charge on any atom is -0.624 e. The summed E-state index contributed by atoms with van der Waals surface area (Å²) in [4.78, 5) is 2.05. The standard InChI is InChI=1S/C18H20BrFN2O3/c1-11(2)18-17(19)16-14(8-21(23)9-15(16)25-10-24-3)22(18)13-6-4-12(20)5-7-13/h4-9,11,18,21H,10H2,1-3H3. The van der Waals surface area contributed by atoms with Gasteiger partial charge in [0, 0.05) is 17.3 Å². The highest BCUT2D eigenvalue weighted by atomic mass is 79.9. The van der Waals surface area contributed by atoms with Gasteiger partial charge >= 0.3 is 0 Å². The molecule has 1 N–H and O–H groups in total. The molecule has 1 aromatic rings. The monoisotopic (exact) mass is 410 g/mol. The molecule has 5 nitrogen and oxygen atoms in total. The molecule has 2 atom stereocenters. The van der Waals surface area contributed by atoms with Gasteiger partial charge in [0.05, 0.1) is 11.6 Å². The SMILES string of the molecule is COCOC1=C[NH+]([O-])C=C2C1=C(Br)C(C(C)C)N2c1ccc(F)cc1. The van der Waals surface area contributed by atoms with E-state index in [0.717, 1.165) is 21.4 Å². The topological polar surface area (TPSA) is 49.2 Å². The summed E-state index contributed by atoms with van der Waals surface area (Å²) in [5.74, 6) is 0.428. The summed E-state index contributed by atoms with van der Waals surface area (Å²) in [6.45, 7) is 4.25. The summed E-state index contributed by atoms with van der Waals surface area (Å²) < 4.78 is 24.9. The van der Waals surface area contributed by atoms with Crippen LogP contribution in [-0.4, -0.2) is 19.9 Å². The van der Waals surface area contributed by atoms with Gasteiger partial charge < -0.3 is 24.6 Å². The van der Waals surface area contributed by atoms with Gasteiger partial charge in [-0.2, -0.15) is 0 Å². The Bertz CT molecular complexity index is 743. The number of ether oxygens (including phenoxy) is 2. The zero-order valence-corrected chi connectivity index (χ0v) is 15.8. The van der Waals surface area contributed by atoms with E-state index in [1.54, 1.807) is 18.3 Å². The molecule has 2 aliphatic rings. The summed E-state index contributed by atoms with van der Waals surface area (Å²) in [5.41, 5.74) is 2.40. The number of anilines is 1. The normalized spacial score (nSPS) is 22.9. The van der Waals surface area contributed by atoms with Crippen LogP contribution in [0.2, 0.25) is 0 Å². The summed E-state index contributed by atoms with van der Waals surface area (Å²) in [6, 6.07) is 6.25. The zero-order valence-electron chi connectivity index (χ0n) is 14.3. The summed E-state index contributed by atoms with van der Waals surface area (Å²) in [5, 5.41) is 12.0. The number of benzene rings is 1. The fourth-order valence-electron chi connectivity index (χ4n) is 3.15. The van der Waals surface area contributed by atoms with Crippen molar-refractivity contribution in [1.82, 2.24) is 0 Å². The highest BCUT2D eigenvalue weighted by molar-refractivity contribution is 9.11. The van der Waals surface area contributed by atoms with Gasteiger partial charge in [0.1, 0.15) is 23.9 Å². The first kappa shape index (κ1) is 18.1. The molecule has 2 heterocycles. The molecule has 25 heavy (non-hydrogen) atoms. The van der Waals surface area contributed by atoms with Gasteiger partial charge in [0.2, 0.25) is 0 Å². The maximum Gasteiger partial charge on any atom is 0.189 e. The molecule has 0 fully saturated rings. The van der Waals surface area contributed by atoms with E-state index in [9.17, 15) is 9.60 Å². The van der Waals surface area contributed by atoms with Crippen molar-refractivity contribution in [2.75, 3.05) is 18.8 Å². The Morgan fingerprint density at radius 1 is 1.28 bits per heavy atom. The van der Waals surface area contributed by atoms with Gasteiger partial charge in [-0.25, -0.2) is 4.39 Å². The molecule has 0 radical (unpaired) electrons. The lowest BCUT2D eigenvalue weighted by Gasteiger charge is -2.32. The fraction of sp³-hybridized carbons (Fsp3) is 0.333. The van der Waals surface area contributed by atoms with Crippen LogP contribution < -0.4 is 9.96 Å². The van der Waals surface area contributed by atoms with Crippen LogP contribution in [0.15, 0.2) is 58.2 Å². The summed E-state index contributed by atoms with van der Waals surface area (Å²) in [6.07, 6.45) is 3.05. The predicted molar refractivity (Wildman–Crippen MR) is 96.9 cm³/mol. The second kappa shape index (κ2) is 7.29. The first-order valence-corrected chi connectivity index (χ1v) is 8.77. The van der Waals surface area contributed by atoms with Gasteiger partial charge in [-0.3, -0.25) is 0 Å². The van der Waals surface area contributed by atoms with Crippen molar-refractivity contribution < 1.29 is 18.9 Å². The van der Waals surface area contributed by atoms with Gasteiger partial charge in [-0.05, 0) is 30.2 Å². The van der Waals surface area contributed by atoms with E-state index in [-0.39, 0.29) is 29.6 Å². The third-order valence-corrected chi connectivity index (χ3v) is 5.03. The van der Waals surface area contributed by atoms with E-state index in [2.05, 4.69) is 29.8 Å². The van der Waals surface area contributed by atoms with Crippen molar-refractivity contribution in [2.45, 2.75) is 19.9 Å². The van der Waals surface area contributed by atoms with E-state index >= 15 is 0 Å². The van der Waals surface area contributed by atoms with E-state index in [0.29, 0.717) is 5.76 Å². The van der Waals surface area contributed by atoms with Crippen LogP contribution in [0.1, 0.15) is 13.8 Å². The van der Waals surface area contributed by atoms with Crippen molar-refractivity contribution in [2.24, 2.45) is 5.92 Å². The Morgan fingerprint density at radius 2 is 1.96 bits per heavy atom. The van der Waals surface area contributed by atoms with Crippen molar-refractivity contribution in [3.63, 3.8) is 0 Å². The highest BCUT2D eigenvalue weighted by Crippen LogP contribution is 2.46. The van der Waals surface area contributed by atoms with Crippen LogP contribution in [0.25, 0.3) is 0 Å². The Balaban J connectivity index is 2.08. The maximum absolute atomic E-state index is 13.4. The number of methoxy groups -OCH3 is 1. The fourth-order valence-corrected chi connectivity index (χ4v) is 4.28. The van der Waals surface area contributed by atoms with Crippen LogP contribution in [0.3, 0.4) is 0 Å². The number of nitrogens with zero attached hydrogens (tertiary/aromatic N) is 1. The van der Waals surface area contributed by atoms with Crippen LogP contribution >= 0.6 is 15.9 Å². The number of halogens is 2. The molecule has 0 spiro atoms. The average molecular weight is 411 g/mol. The smallest absolute Gasteiger partial charge is 0.189 e. The van der Waals surface area contributed by atoms with Crippen molar-refractivity contribution in [3.8, 4) is 0 Å². The third-order valence-electron chi connectivity index (χ3n) is 4.16. The number of hydrogen-bond donors (Lipinski definition) is 1. The molecule has 7 heteroatoms. The molecule has 2 aliphatic heterocycles. The van der Waals surface area contributed by atoms with E-state index in [4.69, 9.17) is 9.47 Å². The Hall–Kier alpha value is -1.67. The number of rotatable bonds is 5. The average Bonchev–Trinajstić information content (AvgIpc) is 2.86. The van der Waals surface area contributed by atoms with E-state index in [1.807, 2.05) is 4.90 Å². The molecular weight excluding hydrogens is 391 g/mol. The molecule has 0 bridgehead atoms. The molecule has 0 aromatic heterocycles. The molecule has 1 aromatic carbocycles. The van der Waals surface area contributed by atoms with Crippen LogP contribution in [0.4, 0.5) is 10.1 Å². The minimum absolute atomic E-state index is 0.0212. The first-order valence-electron chi connectivity index (χ1n) is 7.98. The quantitative estimate of drug-likeness (QED) is 0.598. The molecule has 2 unspecified atom stereocenters. The molecule has 0 aliphatic carbocycles. The van der Waals surface area contributed by atoms with Crippen LogP contribution in [-0.2, 0) is 9.47 Å². The third kappa shape index (κ3) is 3.37. The van der Waals surface area contributed by atoms with Crippen molar-refractivity contribution in [1.29, 1.82) is 0 Å². The lowest BCUT2D eigenvalue weighted by Crippen LogP contribution is -2.98. The van der Waals surface area contributed by atoms with Crippen molar-refractivity contribution in [3.05, 3.63) is 69.2 Å². The predicted octanol–water partition coefficient (Wildman–Crippen LogP) is 3.02. The maximum atomic E-state index is 13.4. The number of fused-ring (bicyclic) bond motifs is 1. The highest BCUT2D eigenvalue weighted by Gasteiger charge is 2.42. The number of nitrogens with one attached hydrogen (secondary N) is 1. The van der Waals surface area contributed by atoms with E-state index in [1.165, 1.54) is 25.4 Å². The summed E-state index contributed by atoms with van der Waals surface area (Å²) >= 11 is 3.70. The molecule has 134 valence electrons.